The Kier molecular flexibility index (Phi) is 19.0. The predicted octanol–water partition coefficient (Wildman–Crippen LogP) is -0.951. The first-order chi connectivity index (χ1) is 11.8. The summed E-state index contributed by atoms with van der Waals surface area (Å²) in [5, 5.41) is 16.5. The molecule has 10 nitrogen and oxygen atoms in total. The van der Waals surface area contributed by atoms with E-state index in [0.717, 1.165) is 0 Å². The molecule has 0 aliphatic carbocycles. The Balaban J connectivity index is 0. The fourth-order valence-corrected chi connectivity index (χ4v) is 1.22. The largest absolute Gasteiger partial charge is 0.462 e. The van der Waals surface area contributed by atoms with E-state index in [1.165, 1.54) is 20.8 Å². The Morgan fingerprint density at radius 1 is 0.720 bits per heavy atom. The number of aliphatic hydroxyl groups excluding tert-OH is 2. The average Bonchev–Trinajstić information content (AvgIpc) is 2.53. The highest BCUT2D eigenvalue weighted by molar-refractivity contribution is 5.67. The van der Waals surface area contributed by atoms with Crippen LogP contribution in [0.1, 0.15) is 20.8 Å². The number of aliphatic hydroxyl groups is 2. The summed E-state index contributed by atoms with van der Waals surface area (Å²) < 4.78 is 23.8. The predicted molar refractivity (Wildman–Crippen MR) is 84.6 cm³/mol. The van der Waals surface area contributed by atoms with Gasteiger partial charge in [-0.1, -0.05) is 0 Å². The molecular weight excluding hydrogens is 340 g/mol. The van der Waals surface area contributed by atoms with E-state index in [0.29, 0.717) is 26.4 Å². The first-order valence-electron chi connectivity index (χ1n) is 7.64. The minimum Gasteiger partial charge on any atom is -0.462 e. The van der Waals surface area contributed by atoms with Crippen LogP contribution >= 0.6 is 0 Å². The zero-order chi connectivity index (χ0) is 19.5. The van der Waals surface area contributed by atoms with Gasteiger partial charge in [0.1, 0.15) is 13.2 Å². The zero-order valence-corrected chi connectivity index (χ0v) is 14.9. The molecule has 0 fully saturated rings. The molecule has 0 amide bonds. The maximum Gasteiger partial charge on any atom is 0.303 e. The molecule has 2 N–H and O–H groups in total. The van der Waals surface area contributed by atoms with Gasteiger partial charge >= 0.3 is 17.9 Å². The molecule has 0 aromatic heterocycles. The Labute approximate surface area is 146 Å². The van der Waals surface area contributed by atoms with Crippen molar-refractivity contribution in [3.05, 3.63) is 0 Å². The van der Waals surface area contributed by atoms with Crippen LogP contribution < -0.4 is 0 Å². The number of esters is 3. The Hall–Kier alpha value is -1.75. The van der Waals surface area contributed by atoms with Crippen LogP contribution in [0.2, 0.25) is 0 Å². The molecule has 25 heavy (non-hydrogen) atoms. The highest BCUT2D eigenvalue weighted by Gasteiger charge is 2.15. The second-order valence-corrected chi connectivity index (χ2v) is 4.51. The van der Waals surface area contributed by atoms with Crippen molar-refractivity contribution in [2.75, 3.05) is 52.9 Å². The number of hydrogen-bond donors (Lipinski definition) is 2. The monoisotopic (exact) mass is 368 g/mol. The van der Waals surface area contributed by atoms with Gasteiger partial charge in [0.05, 0.1) is 39.6 Å². The van der Waals surface area contributed by atoms with Crippen LogP contribution in [0.25, 0.3) is 0 Å². The van der Waals surface area contributed by atoms with Gasteiger partial charge in [0, 0.05) is 20.8 Å². The minimum absolute atomic E-state index is 0.0417. The van der Waals surface area contributed by atoms with Crippen LogP contribution in [0.3, 0.4) is 0 Å². The van der Waals surface area contributed by atoms with E-state index in [2.05, 4.69) is 9.47 Å². The second kappa shape index (κ2) is 18.6. The van der Waals surface area contributed by atoms with Gasteiger partial charge in [-0.15, -0.1) is 0 Å². The van der Waals surface area contributed by atoms with Crippen molar-refractivity contribution in [2.24, 2.45) is 0 Å². The van der Waals surface area contributed by atoms with E-state index < -0.39 is 24.0 Å². The number of hydrogen-bond acceptors (Lipinski definition) is 10. The lowest BCUT2D eigenvalue weighted by atomic mass is 10.4. The normalized spacial score (nSPS) is 9.84. The summed E-state index contributed by atoms with van der Waals surface area (Å²) in [5.41, 5.74) is 0. The van der Waals surface area contributed by atoms with Crippen molar-refractivity contribution in [3.63, 3.8) is 0 Å². The Morgan fingerprint density at radius 2 is 1.12 bits per heavy atom. The smallest absolute Gasteiger partial charge is 0.303 e. The molecule has 0 rings (SSSR count). The maximum absolute atomic E-state index is 10.6. The SMILES string of the molecule is CC(=O)OCC(COC(C)=O)OC(C)=O.OCCOCCOCCO. The Bertz CT molecular complexity index is 332. The lowest BCUT2D eigenvalue weighted by Crippen LogP contribution is -2.29. The topological polar surface area (TPSA) is 138 Å². The van der Waals surface area contributed by atoms with Gasteiger partial charge in [-0.05, 0) is 0 Å². The van der Waals surface area contributed by atoms with Gasteiger partial charge in [0.2, 0.25) is 0 Å². The molecule has 0 heterocycles. The highest BCUT2D eigenvalue weighted by Crippen LogP contribution is 1.97. The average molecular weight is 368 g/mol. The molecule has 0 radical (unpaired) electrons. The van der Waals surface area contributed by atoms with Gasteiger partial charge in [-0.25, -0.2) is 0 Å². The van der Waals surface area contributed by atoms with Crippen LogP contribution in [0, 0.1) is 0 Å². The molecule has 0 aromatic carbocycles. The number of carbonyl (C=O) groups excluding carboxylic acids is 3. The molecule has 0 atom stereocenters. The van der Waals surface area contributed by atoms with E-state index in [1.54, 1.807) is 0 Å². The van der Waals surface area contributed by atoms with Gasteiger partial charge in [0.15, 0.2) is 6.10 Å². The summed E-state index contributed by atoms with van der Waals surface area (Å²) in [6.45, 7) is 5.17. The molecule has 0 bridgehead atoms. The molecule has 0 saturated heterocycles. The molecule has 0 aliphatic heterocycles. The van der Waals surface area contributed by atoms with Crippen molar-refractivity contribution >= 4 is 17.9 Å². The molecule has 0 unspecified atom stereocenters. The quantitative estimate of drug-likeness (QED) is 0.252. The van der Waals surface area contributed by atoms with E-state index in [9.17, 15) is 14.4 Å². The van der Waals surface area contributed by atoms with Gasteiger partial charge in [-0.2, -0.15) is 0 Å². The lowest BCUT2D eigenvalue weighted by molar-refractivity contribution is -0.163. The van der Waals surface area contributed by atoms with Crippen LogP contribution in [0.5, 0.6) is 0 Å². The van der Waals surface area contributed by atoms with Crippen LogP contribution in [-0.2, 0) is 38.1 Å². The van der Waals surface area contributed by atoms with E-state index in [4.69, 9.17) is 24.4 Å². The van der Waals surface area contributed by atoms with Crippen molar-refractivity contribution in [2.45, 2.75) is 26.9 Å². The summed E-state index contributed by atoms with van der Waals surface area (Å²) in [6, 6.07) is 0. The fraction of sp³-hybridized carbons (Fsp3) is 0.800. The first-order valence-corrected chi connectivity index (χ1v) is 7.64. The van der Waals surface area contributed by atoms with Crippen molar-refractivity contribution in [1.29, 1.82) is 0 Å². The van der Waals surface area contributed by atoms with Gasteiger partial charge in [0.25, 0.3) is 0 Å². The molecule has 0 aromatic rings. The molecule has 10 heteroatoms. The third-order valence-corrected chi connectivity index (χ3v) is 2.12. The molecule has 0 saturated carbocycles. The van der Waals surface area contributed by atoms with Gasteiger partial charge < -0.3 is 33.9 Å². The van der Waals surface area contributed by atoms with Gasteiger partial charge in [-0.3, -0.25) is 14.4 Å². The molecular formula is C15H28O10. The Morgan fingerprint density at radius 3 is 1.40 bits per heavy atom. The summed E-state index contributed by atoms with van der Waals surface area (Å²) in [6.07, 6.45) is -0.754. The number of rotatable bonds is 12. The van der Waals surface area contributed by atoms with Crippen LogP contribution in [0.15, 0.2) is 0 Å². The minimum atomic E-state index is -0.754. The summed E-state index contributed by atoms with van der Waals surface area (Å²) in [4.78, 5) is 31.6. The molecule has 0 spiro atoms. The van der Waals surface area contributed by atoms with Crippen molar-refractivity contribution in [3.8, 4) is 0 Å². The summed E-state index contributed by atoms with van der Waals surface area (Å²) >= 11 is 0. The van der Waals surface area contributed by atoms with Crippen LogP contribution in [-0.4, -0.2) is 87.1 Å². The first kappa shape index (κ1) is 25.5. The highest BCUT2D eigenvalue weighted by atomic mass is 16.6. The fourth-order valence-electron chi connectivity index (χ4n) is 1.22. The van der Waals surface area contributed by atoms with Crippen LogP contribution in [0.4, 0.5) is 0 Å². The van der Waals surface area contributed by atoms with Crippen molar-refractivity contribution < 1.29 is 48.3 Å². The summed E-state index contributed by atoms with van der Waals surface area (Å²) in [5.74, 6) is -1.51. The van der Waals surface area contributed by atoms with Crippen molar-refractivity contribution in [1.82, 2.24) is 0 Å². The maximum atomic E-state index is 10.6. The standard InChI is InChI=1S/C9H14O6.C6H14O4/c1-6(10)13-4-9(15-8(3)12)5-14-7(2)11;7-1-3-9-5-6-10-4-2-8/h9H,4-5H2,1-3H3;7-8H,1-6H2. The third-order valence-electron chi connectivity index (χ3n) is 2.12. The molecule has 148 valence electrons. The number of carbonyl (C=O) groups is 3. The van der Waals surface area contributed by atoms with E-state index in [1.807, 2.05) is 0 Å². The summed E-state index contributed by atoms with van der Waals surface area (Å²) in [7, 11) is 0. The van der Waals surface area contributed by atoms with E-state index >= 15 is 0 Å². The lowest BCUT2D eigenvalue weighted by Gasteiger charge is -2.15. The number of ether oxygens (including phenoxy) is 5. The molecule has 0 aliphatic rings. The second-order valence-electron chi connectivity index (χ2n) is 4.51. The van der Waals surface area contributed by atoms with E-state index in [-0.39, 0.29) is 26.4 Å². The third kappa shape index (κ3) is 24.6. The zero-order valence-electron chi connectivity index (χ0n) is 14.9.